The number of methoxy groups -OCH3 is 2. The van der Waals surface area contributed by atoms with Crippen LogP contribution in [-0.4, -0.2) is 64.7 Å². The molecule has 220 valence electrons. The summed E-state index contributed by atoms with van der Waals surface area (Å²) in [5.41, 5.74) is 1.60. The highest BCUT2D eigenvalue weighted by Crippen LogP contribution is 2.34. The molecule has 1 atom stereocenters. The van der Waals surface area contributed by atoms with Gasteiger partial charge in [0.2, 0.25) is 21.8 Å². The Kier molecular flexibility index (Phi) is 11.4. The first-order valence-electron chi connectivity index (χ1n) is 13.1. The second kappa shape index (κ2) is 14.7. The number of amides is 2. The lowest BCUT2D eigenvalue weighted by Gasteiger charge is -2.34. The Morgan fingerprint density at radius 1 is 0.976 bits per heavy atom. The van der Waals surface area contributed by atoms with Gasteiger partial charge in [0.15, 0.2) is 0 Å². The quantitative estimate of drug-likeness (QED) is 0.296. The number of ether oxygens (including phenoxy) is 2. The maximum atomic E-state index is 14.2. The van der Waals surface area contributed by atoms with Crippen LogP contribution in [0.3, 0.4) is 0 Å². The van der Waals surface area contributed by atoms with E-state index >= 15 is 0 Å². The van der Waals surface area contributed by atoms with Gasteiger partial charge in [-0.2, -0.15) is 0 Å². The van der Waals surface area contributed by atoms with E-state index in [9.17, 15) is 18.0 Å². The topological polar surface area (TPSA) is 105 Å². The molecular formula is C30H36ClN3O6S. The first-order valence-corrected chi connectivity index (χ1v) is 15.4. The minimum Gasteiger partial charge on any atom is -0.497 e. The van der Waals surface area contributed by atoms with E-state index in [4.69, 9.17) is 21.1 Å². The fourth-order valence-electron chi connectivity index (χ4n) is 4.32. The predicted octanol–water partition coefficient (Wildman–Crippen LogP) is 4.29. The molecule has 2 amide bonds. The van der Waals surface area contributed by atoms with Gasteiger partial charge in [0.1, 0.15) is 24.1 Å². The summed E-state index contributed by atoms with van der Waals surface area (Å²) >= 11 is 6.47. The van der Waals surface area contributed by atoms with Crippen molar-refractivity contribution in [3.63, 3.8) is 0 Å². The average Bonchev–Trinajstić information content (AvgIpc) is 2.96. The Labute approximate surface area is 247 Å². The second-order valence-electron chi connectivity index (χ2n) is 9.42. The van der Waals surface area contributed by atoms with Gasteiger partial charge >= 0.3 is 0 Å². The summed E-state index contributed by atoms with van der Waals surface area (Å²) in [6.07, 6.45) is 1.93. The fraction of sp³-hybridized carbons (Fsp3) is 0.333. The minimum absolute atomic E-state index is 0.0115. The smallest absolute Gasteiger partial charge is 0.244 e. The molecule has 0 saturated carbocycles. The normalized spacial score (nSPS) is 11.8. The lowest BCUT2D eigenvalue weighted by Crippen LogP contribution is -2.53. The second-order valence-corrected chi connectivity index (χ2v) is 11.7. The van der Waals surface area contributed by atoms with Crippen LogP contribution in [0.4, 0.5) is 5.69 Å². The van der Waals surface area contributed by atoms with Crippen molar-refractivity contribution >= 4 is 39.1 Å². The average molecular weight is 602 g/mol. The molecule has 0 saturated heterocycles. The Hall–Kier alpha value is -3.76. The molecular weight excluding hydrogens is 566 g/mol. The minimum atomic E-state index is -3.98. The van der Waals surface area contributed by atoms with Crippen molar-refractivity contribution in [2.45, 2.75) is 32.4 Å². The molecule has 11 heteroatoms. The van der Waals surface area contributed by atoms with Gasteiger partial charge < -0.3 is 19.7 Å². The fourth-order valence-corrected chi connectivity index (χ4v) is 5.36. The number of sulfonamides is 1. The maximum absolute atomic E-state index is 14.2. The van der Waals surface area contributed by atoms with E-state index in [-0.39, 0.29) is 30.3 Å². The molecule has 9 nitrogen and oxygen atoms in total. The molecule has 0 radical (unpaired) electrons. The Morgan fingerprint density at radius 2 is 1.66 bits per heavy atom. The number of rotatable bonds is 14. The van der Waals surface area contributed by atoms with E-state index < -0.39 is 28.5 Å². The van der Waals surface area contributed by atoms with Crippen LogP contribution in [-0.2, 0) is 32.6 Å². The maximum Gasteiger partial charge on any atom is 0.244 e. The highest BCUT2D eigenvalue weighted by atomic mass is 35.5. The van der Waals surface area contributed by atoms with Crippen molar-refractivity contribution < 1.29 is 27.5 Å². The van der Waals surface area contributed by atoms with E-state index in [0.29, 0.717) is 29.3 Å². The summed E-state index contributed by atoms with van der Waals surface area (Å²) in [6, 6.07) is 20.1. The van der Waals surface area contributed by atoms with Crippen molar-refractivity contribution in [3.8, 4) is 11.5 Å². The van der Waals surface area contributed by atoms with Crippen LogP contribution in [0.1, 0.15) is 24.5 Å². The van der Waals surface area contributed by atoms with E-state index in [1.807, 2.05) is 37.3 Å². The molecule has 0 heterocycles. The number of hydrogen-bond acceptors (Lipinski definition) is 6. The third kappa shape index (κ3) is 8.61. The lowest BCUT2D eigenvalue weighted by atomic mass is 10.0. The number of hydrogen-bond donors (Lipinski definition) is 1. The summed E-state index contributed by atoms with van der Waals surface area (Å²) in [6.45, 7) is 1.76. The van der Waals surface area contributed by atoms with Crippen molar-refractivity contribution in [1.82, 2.24) is 10.2 Å². The zero-order chi connectivity index (χ0) is 30.0. The summed E-state index contributed by atoms with van der Waals surface area (Å²) in [5, 5.41) is 3.33. The van der Waals surface area contributed by atoms with Gasteiger partial charge in [0.25, 0.3) is 0 Å². The van der Waals surface area contributed by atoms with E-state index in [0.717, 1.165) is 16.1 Å². The highest BCUT2D eigenvalue weighted by Gasteiger charge is 2.34. The molecule has 41 heavy (non-hydrogen) atoms. The third-order valence-corrected chi connectivity index (χ3v) is 7.95. The summed E-state index contributed by atoms with van der Waals surface area (Å²) in [7, 11) is -1.12. The zero-order valence-electron chi connectivity index (χ0n) is 23.7. The number of carbonyl (C=O) groups is 2. The van der Waals surface area contributed by atoms with Gasteiger partial charge in [-0.1, -0.05) is 67.1 Å². The molecule has 1 N–H and O–H groups in total. The largest absolute Gasteiger partial charge is 0.497 e. The Bertz CT molecular complexity index is 1440. The number of nitrogens with one attached hydrogen (secondary N) is 1. The van der Waals surface area contributed by atoms with Crippen LogP contribution in [0.5, 0.6) is 11.5 Å². The van der Waals surface area contributed by atoms with Crippen LogP contribution in [0.15, 0.2) is 72.8 Å². The molecule has 0 spiro atoms. The molecule has 0 bridgehead atoms. The van der Waals surface area contributed by atoms with Crippen LogP contribution >= 0.6 is 11.6 Å². The van der Waals surface area contributed by atoms with Gasteiger partial charge in [-0.15, -0.1) is 0 Å². The first-order chi connectivity index (χ1) is 19.6. The van der Waals surface area contributed by atoms with Gasteiger partial charge in [-0.3, -0.25) is 13.9 Å². The van der Waals surface area contributed by atoms with Crippen molar-refractivity contribution in [1.29, 1.82) is 0 Å². The van der Waals surface area contributed by atoms with E-state index in [2.05, 4.69) is 5.32 Å². The summed E-state index contributed by atoms with van der Waals surface area (Å²) < 4.78 is 37.8. The van der Waals surface area contributed by atoms with E-state index in [1.54, 1.807) is 36.4 Å². The van der Waals surface area contributed by atoms with Crippen molar-refractivity contribution in [3.05, 3.63) is 88.9 Å². The number of anilines is 1. The van der Waals surface area contributed by atoms with Crippen LogP contribution in [0.25, 0.3) is 0 Å². The van der Waals surface area contributed by atoms with Crippen molar-refractivity contribution in [2.24, 2.45) is 0 Å². The Morgan fingerprint density at radius 3 is 2.27 bits per heavy atom. The molecule has 1 unspecified atom stereocenters. The lowest BCUT2D eigenvalue weighted by molar-refractivity contribution is -0.140. The zero-order valence-corrected chi connectivity index (χ0v) is 25.2. The molecule has 3 rings (SSSR count). The van der Waals surface area contributed by atoms with Crippen molar-refractivity contribution in [2.75, 3.05) is 37.9 Å². The number of nitrogens with zero attached hydrogens (tertiary/aromatic N) is 2. The molecule has 3 aromatic carbocycles. The molecule has 0 aromatic heterocycles. The Balaban J connectivity index is 2.10. The third-order valence-electron chi connectivity index (χ3n) is 6.45. The van der Waals surface area contributed by atoms with Gasteiger partial charge in [0, 0.05) is 30.6 Å². The highest BCUT2D eigenvalue weighted by molar-refractivity contribution is 7.92. The molecule has 0 fully saturated rings. The van der Waals surface area contributed by atoms with Crippen LogP contribution in [0.2, 0.25) is 5.02 Å². The molecule has 0 aliphatic rings. The SMILES string of the molecule is CCCNC(=O)C(Cc1ccccc1)N(Cc1ccccc1Cl)C(=O)CN(c1cc(OC)ccc1OC)S(C)(=O)=O. The predicted molar refractivity (Wildman–Crippen MR) is 161 cm³/mol. The van der Waals surface area contributed by atoms with Gasteiger partial charge in [-0.25, -0.2) is 8.42 Å². The number of carbonyl (C=O) groups excluding carboxylic acids is 2. The number of halogens is 1. The number of benzene rings is 3. The first kappa shape index (κ1) is 31.8. The van der Waals surface area contributed by atoms with Gasteiger partial charge in [-0.05, 0) is 35.7 Å². The van der Waals surface area contributed by atoms with Gasteiger partial charge in [0.05, 0.1) is 26.2 Å². The van der Waals surface area contributed by atoms with Crippen LogP contribution < -0.4 is 19.1 Å². The standard InChI is InChI=1S/C30H36ClN3O6S/c1-5-17-32-30(36)27(18-22-11-7-6-8-12-22)33(20-23-13-9-10-14-25(23)31)29(35)21-34(41(4,37)38)26-19-24(39-2)15-16-28(26)40-3/h6-16,19,27H,5,17-18,20-21H2,1-4H3,(H,32,36). The summed E-state index contributed by atoms with van der Waals surface area (Å²) in [4.78, 5) is 29.1. The molecule has 3 aromatic rings. The van der Waals surface area contributed by atoms with Crippen LogP contribution in [0, 0.1) is 0 Å². The molecule has 0 aliphatic carbocycles. The summed E-state index contributed by atoms with van der Waals surface area (Å²) in [5.74, 6) is -0.312. The van der Waals surface area contributed by atoms with E-state index in [1.165, 1.54) is 25.2 Å². The molecule has 0 aliphatic heterocycles. The monoisotopic (exact) mass is 601 g/mol.